The van der Waals surface area contributed by atoms with Crippen molar-refractivity contribution < 1.29 is 9.84 Å². The third-order valence-corrected chi connectivity index (χ3v) is 5.21. The van der Waals surface area contributed by atoms with Crippen LogP contribution in [-0.2, 0) is 6.42 Å². The smallest absolute Gasteiger partial charge is 0.307 e. The molecule has 0 fully saturated rings. The summed E-state index contributed by atoms with van der Waals surface area (Å²) < 4.78 is 5.31. The fourth-order valence-electron chi connectivity index (χ4n) is 3.10. The largest absolute Gasteiger partial charge is 0.497 e. The van der Waals surface area contributed by atoms with Gasteiger partial charge in [-0.05, 0) is 47.1 Å². The number of nitrogens with zero attached hydrogens (tertiary/aromatic N) is 1. The van der Waals surface area contributed by atoms with E-state index in [1.165, 1.54) is 0 Å². The van der Waals surface area contributed by atoms with Gasteiger partial charge in [-0.2, -0.15) is 0 Å². The lowest BCUT2D eigenvalue weighted by Gasteiger charge is -2.09. The molecule has 0 atom stereocenters. The molecule has 1 aliphatic rings. The number of thiazole rings is 1. The maximum atomic E-state index is 11.8. The van der Waals surface area contributed by atoms with Crippen molar-refractivity contribution in [3.05, 3.63) is 73.0 Å². The molecule has 0 spiro atoms. The van der Waals surface area contributed by atoms with E-state index < -0.39 is 0 Å². The molecule has 0 radical (unpaired) electrons. The molecule has 0 bridgehead atoms. The van der Waals surface area contributed by atoms with Gasteiger partial charge in [-0.25, -0.2) is 0 Å². The van der Waals surface area contributed by atoms with Gasteiger partial charge in [0, 0.05) is 11.4 Å². The van der Waals surface area contributed by atoms with Gasteiger partial charge < -0.3 is 9.84 Å². The predicted molar refractivity (Wildman–Crippen MR) is 104 cm³/mol. The van der Waals surface area contributed by atoms with E-state index in [9.17, 15) is 9.90 Å². The van der Waals surface area contributed by atoms with E-state index in [-0.39, 0.29) is 10.8 Å². The number of aliphatic imine (C=N–C) groups is 1. The zero-order valence-corrected chi connectivity index (χ0v) is 14.8. The highest BCUT2D eigenvalue weighted by Crippen LogP contribution is 2.27. The van der Waals surface area contributed by atoms with Crippen LogP contribution in [0.25, 0.3) is 11.6 Å². The molecule has 1 aliphatic heterocycles. The van der Waals surface area contributed by atoms with Gasteiger partial charge in [0.2, 0.25) is 5.88 Å². The summed E-state index contributed by atoms with van der Waals surface area (Å²) in [5.74, 6) is 0.663. The number of hydrogen-bond donors (Lipinski definition) is 2. The standard InChI is InChI=1S/C20H16N2O3S/c1-25-13-5-2-4-12(10-13)11-16(18-19(23)22-20(24)26-18)14-6-3-7-17-15(14)8-9-21-17/h2-10,23H,11H2,1H3,(H,22,24). The number of ether oxygens (including phenoxy) is 1. The van der Waals surface area contributed by atoms with Crippen molar-refractivity contribution in [1.82, 2.24) is 4.98 Å². The van der Waals surface area contributed by atoms with Crippen molar-refractivity contribution in [3.8, 4) is 11.6 Å². The minimum absolute atomic E-state index is 0.102. The van der Waals surface area contributed by atoms with E-state index in [2.05, 4.69) is 9.98 Å². The van der Waals surface area contributed by atoms with Crippen molar-refractivity contribution in [1.29, 1.82) is 0 Å². The Labute approximate surface area is 153 Å². The number of aromatic amines is 1. The van der Waals surface area contributed by atoms with Crippen LogP contribution in [0.15, 0.2) is 52.3 Å². The molecule has 0 saturated carbocycles. The van der Waals surface area contributed by atoms with Gasteiger partial charge in [-0.1, -0.05) is 35.6 Å². The summed E-state index contributed by atoms with van der Waals surface area (Å²) in [6.07, 6.45) is 4.25. The predicted octanol–water partition coefficient (Wildman–Crippen LogP) is 2.09. The summed E-state index contributed by atoms with van der Waals surface area (Å²) >= 11 is 1.01. The third kappa shape index (κ3) is 2.95. The maximum absolute atomic E-state index is 11.8. The van der Waals surface area contributed by atoms with Gasteiger partial charge >= 0.3 is 4.87 Å². The number of methoxy groups -OCH3 is 1. The lowest BCUT2D eigenvalue weighted by atomic mass is 9.99. The van der Waals surface area contributed by atoms with Crippen LogP contribution in [0.3, 0.4) is 0 Å². The van der Waals surface area contributed by atoms with Gasteiger partial charge in [0.25, 0.3) is 0 Å². The molecule has 0 saturated heterocycles. The molecule has 6 heteroatoms. The van der Waals surface area contributed by atoms with Crippen molar-refractivity contribution in [2.24, 2.45) is 4.99 Å². The molecule has 1 aromatic heterocycles. The van der Waals surface area contributed by atoms with Gasteiger partial charge in [-0.3, -0.25) is 14.8 Å². The number of H-pyrrole nitrogens is 1. The number of benzene rings is 2. The summed E-state index contributed by atoms with van der Waals surface area (Å²) in [5.41, 5.74) is 2.78. The van der Waals surface area contributed by atoms with Gasteiger partial charge in [0.15, 0.2) is 0 Å². The molecule has 26 heavy (non-hydrogen) atoms. The minimum atomic E-state index is -0.284. The normalized spacial score (nSPS) is 13.3. The molecule has 0 amide bonds. The lowest BCUT2D eigenvalue weighted by molar-refractivity contribution is 0.414. The first-order valence-corrected chi connectivity index (χ1v) is 8.89. The van der Waals surface area contributed by atoms with Crippen LogP contribution in [0.1, 0.15) is 10.4 Å². The Balaban J connectivity index is 1.98. The molecule has 0 unspecified atom stereocenters. The monoisotopic (exact) mass is 364 g/mol. The topological polar surface area (TPSA) is 74.7 Å². The zero-order chi connectivity index (χ0) is 18.1. The fraction of sp³-hybridized carbons (Fsp3) is 0.100. The van der Waals surface area contributed by atoms with E-state index in [4.69, 9.17) is 4.74 Å². The van der Waals surface area contributed by atoms with Crippen molar-refractivity contribution in [3.63, 3.8) is 0 Å². The van der Waals surface area contributed by atoms with Crippen molar-refractivity contribution >= 4 is 34.9 Å². The quantitative estimate of drug-likeness (QED) is 0.744. The molecular formula is C20H16N2O3S. The molecule has 2 aromatic carbocycles. The molecule has 2 heterocycles. The second-order valence-electron chi connectivity index (χ2n) is 5.88. The second kappa shape index (κ2) is 6.65. The Morgan fingerprint density at radius 3 is 2.88 bits per heavy atom. The van der Waals surface area contributed by atoms with Crippen LogP contribution >= 0.6 is 11.3 Å². The summed E-state index contributed by atoms with van der Waals surface area (Å²) in [6, 6.07) is 13.6. The van der Waals surface area contributed by atoms with E-state index in [1.807, 2.05) is 48.5 Å². The number of hydrogen-bond acceptors (Lipinski definition) is 5. The second-order valence-corrected chi connectivity index (χ2v) is 6.87. The SMILES string of the molecule is COc1cccc(CC(c2sc(=O)[nH]c2O)=c2cccc3c2=CC=N3)c1. The maximum Gasteiger partial charge on any atom is 0.307 e. The van der Waals surface area contributed by atoms with Gasteiger partial charge in [0.1, 0.15) is 5.75 Å². The first-order chi connectivity index (χ1) is 12.7. The number of fused-ring (bicyclic) bond motifs is 1. The fourth-order valence-corrected chi connectivity index (χ4v) is 3.89. The summed E-state index contributed by atoms with van der Waals surface area (Å²) in [5, 5.41) is 12.2. The van der Waals surface area contributed by atoms with E-state index >= 15 is 0 Å². The molecule has 5 nitrogen and oxygen atoms in total. The Bertz CT molecular complexity index is 1190. The first-order valence-electron chi connectivity index (χ1n) is 8.07. The van der Waals surface area contributed by atoms with Crippen LogP contribution in [0.5, 0.6) is 11.6 Å². The Kier molecular flexibility index (Phi) is 4.18. The van der Waals surface area contributed by atoms with Crippen LogP contribution in [0.2, 0.25) is 0 Å². The van der Waals surface area contributed by atoms with E-state index in [0.29, 0.717) is 11.3 Å². The van der Waals surface area contributed by atoms with Crippen molar-refractivity contribution in [2.45, 2.75) is 6.42 Å². The first kappa shape index (κ1) is 16.4. The molecule has 4 rings (SSSR count). The average molecular weight is 364 g/mol. The number of nitrogens with one attached hydrogen (secondary N) is 1. The zero-order valence-electron chi connectivity index (χ0n) is 14.0. The molecule has 3 aromatic rings. The van der Waals surface area contributed by atoms with Crippen molar-refractivity contribution in [2.75, 3.05) is 7.11 Å². The summed E-state index contributed by atoms with van der Waals surface area (Å²) in [4.78, 5) is 18.9. The highest BCUT2D eigenvalue weighted by molar-refractivity contribution is 7.10. The van der Waals surface area contributed by atoms with Crippen LogP contribution in [0.4, 0.5) is 5.69 Å². The van der Waals surface area contributed by atoms with Crippen LogP contribution < -0.4 is 20.0 Å². The van der Waals surface area contributed by atoms with Crippen LogP contribution in [-0.4, -0.2) is 23.4 Å². The Morgan fingerprint density at radius 1 is 1.27 bits per heavy atom. The Morgan fingerprint density at radius 2 is 2.12 bits per heavy atom. The average Bonchev–Trinajstić information content (AvgIpc) is 3.25. The minimum Gasteiger partial charge on any atom is -0.497 e. The van der Waals surface area contributed by atoms with E-state index in [0.717, 1.165) is 44.3 Å². The highest BCUT2D eigenvalue weighted by atomic mass is 32.1. The highest BCUT2D eigenvalue weighted by Gasteiger charge is 2.15. The number of rotatable bonds is 4. The van der Waals surface area contributed by atoms with Crippen LogP contribution in [0, 0.1) is 0 Å². The molecule has 0 aliphatic carbocycles. The van der Waals surface area contributed by atoms with Gasteiger partial charge in [0.05, 0.1) is 17.7 Å². The molecule has 130 valence electrons. The third-order valence-electron chi connectivity index (χ3n) is 4.28. The summed E-state index contributed by atoms with van der Waals surface area (Å²) in [7, 11) is 1.63. The molecular weight excluding hydrogens is 348 g/mol. The number of aromatic nitrogens is 1. The number of aromatic hydroxyl groups is 1. The lowest BCUT2D eigenvalue weighted by Crippen LogP contribution is -2.27. The van der Waals surface area contributed by atoms with Gasteiger partial charge in [-0.15, -0.1) is 0 Å². The summed E-state index contributed by atoms with van der Waals surface area (Å²) in [6.45, 7) is 0. The Hall–Kier alpha value is -3.12. The molecule has 2 N–H and O–H groups in total. The van der Waals surface area contributed by atoms with E-state index in [1.54, 1.807) is 13.3 Å².